The Balaban J connectivity index is 3.58. The first kappa shape index (κ1) is 18.9. The third kappa shape index (κ3) is 11.4. The van der Waals surface area contributed by atoms with Gasteiger partial charge in [0, 0.05) is 19.8 Å². The van der Waals surface area contributed by atoms with E-state index in [0.29, 0.717) is 18.1 Å². The lowest BCUT2D eigenvalue weighted by atomic mass is 9.83. The van der Waals surface area contributed by atoms with Crippen LogP contribution in [0.5, 0.6) is 0 Å². The van der Waals surface area contributed by atoms with Gasteiger partial charge in [0.2, 0.25) is 0 Å². The molecule has 0 rings (SSSR count). The molecule has 1 N–H and O–H groups in total. The van der Waals surface area contributed by atoms with Crippen molar-refractivity contribution in [1.29, 1.82) is 0 Å². The predicted octanol–water partition coefficient (Wildman–Crippen LogP) is 3.62. The van der Waals surface area contributed by atoms with Gasteiger partial charge in [0.25, 0.3) is 0 Å². The molecule has 1 unspecified atom stereocenters. The molecule has 0 aliphatic carbocycles. The van der Waals surface area contributed by atoms with Crippen LogP contribution in [-0.2, 0) is 9.47 Å². The maximum absolute atomic E-state index is 5.47. The van der Waals surface area contributed by atoms with E-state index < -0.39 is 0 Å². The quantitative estimate of drug-likeness (QED) is 0.551. The second-order valence-electron chi connectivity index (χ2n) is 6.33. The zero-order valence-corrected chi connectivity index (χ0v) is 13.8. The van der Waals surface area contributed by atoms with Crippen LogP contribution in [0.3, 0.4) is 0 Å². The summed E-state index contributed by atoms with van der Waals surface area (Å²) in [7, 11) is 1.71. The van der Waals surface area contributed by atoms with Crippen LogP contribution in [-0.4, -0.2) is 39.5 Å². The van der Waals surface area contributed by atoms with Crippen LogP contribution in [0, 0.1) is 5.41 Å². The van der Waals surface area contributed by atoms with Gasteiger partial charge in [-0.2, -0.15) is 0 Å². The third-order valence-electron chi connectivity index (χ3n) is 3.40. The van der Waals surface area contributed by atoms with Gasteiger partial charge in [-0.1, -0.05) is 40.5 Å². The molecular formula is C16H35NO2. The molecule has 0 bridgehead atoms. The van der Waals surface area contributed by atoms with Crippen molar-refractivity contribution in [2.75, 3.05) is 33.5 Å². The summed E-state index contributed by atoms with van der Waals surface area (Å²) in [6.45, 7) is 12.6. The smallest absolute Gasteiger partial charge is 0.0700 e. The topological polar surface area (TPSA) is 30.5 Å². The van der Waals surface area contributed by atoms with E-state index in [9.17, 15) is 0 Å². The number of hydrogen-bond donors (Lipinski definition) is 1. The molecule has 0 heterocycles. The van der Waals surface area contributed by atoms with Crippen LogP contribution in [0.15, 0.2) is 0 Å². The molecule has 0 aromatic carbocycles. The summed E-state index contributed by atoms with van der Waals surface area (Å²) >= 11 is 0. The fourth-order valence-corrected chi connectivity index (χ4v) is 2.13. The Morgan fingerprint density at radius 1 is 1.00 bits per heavy atom. The van der Waals surface area contributed by atoms with Crippen LogP contribution >= 0.6 is 0 Å². The predicted molar refractivity (Wildman–Crippen MR) is 82.7 cm³/mol. The minimum absolute atomic E-state index is 0.351. The van der Waals surface area contributed by atoms with Gasteiger partial charge in [0.05, 0.1) is 13.2 Å². The molecule has 3 heteroatoms. The summed E-state index contributed by atoms with van der Waals surface area (Å²) in [4.78, 5) is 0. The Kier molecular flexibility index (Phi) is 11.6. The van der Waals surface area contributed by atoms with E-state index in [4.69, 9.17) is 9.47 Å². The maximum Gasteiger partial charge on any atom is 0.0700 e. The van der Waals surface area contributed by atoms with E-state index >= 15 is 0 Å². The lowest BCUT2D eigenvalue weighted by molar-refractivity contribution is 0.0683. The van der Waals surface area contributed by atoms with E-state index in [1.807, 2.05) is 0 Å². The largest absolute Gasteiger partial charge is 0.382 e. The highest BCUT2D eigenvalue weighted by molar-refractivity contribution is 4.80. The summed E-state index contributed by atoms with van der Waals surface area (Å²) in [5, 5.41) is 3.68. The van der Waals surface area contributed by atoms with Crippen LogP contribution in [0.4, 0.5) is 0 Å². The third-order valence-corrected chi connectivity index (χ3v) is 3.40. The van der Waals surface area contributed by atoms with Gasteiger partial charge in [0.1, 0.15) is 0 Å². The van der Waals surface area contributed by atoms with Gasteiger partial charge in [-0.3, -0.25) is 0 Å². The van der Waals surface area contributed by atoms with E-state index in [1.54, 1.807) is 7.11 Å². The Morgan fingerprint density at radius 3 is 2.32 bits per heavy atom. The molecule has 19 heavy (non-hydrogen) atoms. The minimum Gasteiger partial charge on any atom is -0.382 e. The number of nitrogens with one attached hydrogen (secondary N) is 1. The molecule has 0 spiro atoms. The van der Waals surface area contributed by atoms with Crippen LogP contribution in [0.1, 0.15) is 59.8 Å². The minimum atomic E-state index is 0.351. The fourth-order valence-electron chi connectivity index (χ4n) is 2.13. The van der Waals surface area contributed by atoms with Crippen molar-refractivity contribution in [3.8, 4) is 0 Å². The van der Waals surface area contributed by atoms with Crippen LogP contribution in [0.25, 0.3) is 0 Å². The second kappa shape index (κ2) is 11.7. The van der Waals surface area contributed by atoms with Crippen molar-refractivity contribution in [3.63, 3.8) is 0 Å². The van der Waals surface area contributed by atoms with E-state index in [2.05, 4.69) is 33.0 Å². The molecule has 1 atom stereocenters. The van der Waals surface area contributed by atoms with Crippen molar-refractivity contribution in [1.82, 2.24) is 5.32 Å². The molecule has 116 valence electrons. The lowest BCUT2D eigenvalue weighted by Crippen LogP contribution is -2.40. The molecule has 0 fully saturated rings. The molecule has 0 saturated carbocycles. The fraction of sp³-hybridized carbons (Fsp3) is 1.00. The molecular weight excluding hydrogens is 238 g/mol. The van der Waals surface area contributed by atoms with Crippen molar-refractivity contribution >= 4 is 0 Å². The van der Waals surface area contributed by atoms with Gasteiger partial charge >= 0.3 is 0 Å². The van der Waals surface area contributed by atoms with Gasteiger partial charge in [-0.25, -0.2) is 0 Å². The lowest BCUT2D eigenvalue weighted by Gasteiger charge is -2.32. The average Bonchev–Trinajstić information content (AvgIpc) is 2.34. The van der Waals surface area contributed by atoms with Crippen molar-refractivity contribution in [2.45, 2.75) is 65.8 Å². The molecule has 0 amide bonds. The van der Waals surface area contributed by atoms with Gasteiger partial charge in [0.15, 0.2) is 0 Å². The summed E-state index contributed by atoms with van der Waals surface area (Å²) in [5.74, 6) is 0. The van der Waals surface area contributed by atoms with Crippen LogP contribution < -0.4 is 5.32 Å². The average molecular weight is 273 g/mol. The summed E-state index contributed by atoms with van der Waals surface area (Å²) in [6.07, 6.45) is 6.18. The Bertz CT molecular complexity index is 190. The maximum atomic E-state index is 5.47. The van der Waals surface area contributed by atoms with E-state index in [1.165, 1.54) is 25.7 Å². The van der Waals surface area contributed by atoms with Gasteiger partial charge in [-0.15, -0.1) is 0 Å². The number of ether oxygens (including phenoxy) is 2. The SMILES string of the molecule is CCCNC(CCCCCOCCOC)C(C)(C)C. The Hall–Kier alpha value is -0.120. The highest BCUT2D eigenvalue weighted by Crippen LogP contribution is 2.23. The molecule has 0 aliphatic rings. The number of rotatable bonds is 12. The second-order valence-corrected chi connectivity index (χ2v) is 6.33. The molecule has 0 radical (unpaired) electrons. The molecule has 0 aromatic rings. The van der Waals surface area contributed by atoms with Gasteiger partial charge in [-0.05, 0) is 31.2 Å². The standard InChI is InChI=1S/C16H35NO2/c1-6-11-17-15(16(2,3)4)10-8-7-9-12-19-14-13-18-5/h15,17H,6-14H2,1-5H3. The van der Waals surface area contributed by atoms with E-state index in [-0.39, 0.29) is 0 Å². The van der Waals surface area contributed by atoms with Gasteiger partial charge < -0.3 is 14.8 Å². The summed E-state index contributed by atoms with van der Waals surface area (Å²) < 4.78 is 10.4. The molecule has 0 saturated heterocycles. The molecule has 0 aromatic heterocycles. The molecule has 3 nitrogen and oxygen atoms in total. The van der Waals surface area contributed by atoms with Crippen molar-refractivity contribution in [2.24, 2.45) is 5.41 Å². The Labute approximate surface area is 120 Å². The summed E-state index contributed by atoms with van der Waals surface area (Å²) in [6, 6.07) is 0.627. The van der Waals surface area contributed by atoms with Crippen LogP contribution in [0.2, 0.25) is 0 Å². The van der Waals surface area contributed by atoms with Crippen molar-refractivity contribution < 1.29 is 9.47 Å². The number of unbranched alkanes of at least 4 members (excludes halogenated alkanes) is 2. The first-order valence-corrected chi connectivity index (χ1v) is 7.82. The summed E-state index contributed by atoms with van der Waals surface area (Å²) in [5.41, 5.74) is 0.351. The van der Waals surface area contributed by atoms with Crippen molar-refractivity contribution in [3.05, 3.63) is 0 Å². The first-order chi connectivity index (χ1) is 9.02. The highest BCUT2D eigenvalue weighted by atomic mass is 16.5. The highest BCUT2D eigenvalue weighted by Gasteiger charge is 2.22. The Morgan fingerprint density at radius 2 is 1.74 bits per heavy atom. The zero-order chi connectivity index (χ0) is 14.6. The number of hydrogen-bond acceptors (Lipinski definition) is 3. The monoisotopic (exact) mass is 273 g/mol. The normalized spacial score (nSPS) is 13.7. The molecule has 0 aliphatic heterocycles. The number of methoxy groups -OCH3 is 1. The zero-order valence-electron chi connectivity index (χ0n) is 13.8. The first-order valence-electron chi connectivity index (χ1n) is 7.82. The van der Waals surface area contributed by atoms with E-state index in [0.717, 1.165) is 26.2 Å².